The summed E-state index contributed by atoms with van der Waals surface area (Å²) in [4.78, 5) is 29.6. The molecule has 1 aromatic heterocycles. The number of para-hydroxylation sites is 1. The van der Waals surface area contributed by atoms with Crippen molar-refractivity contribution in [2.45, 2.75) is 44.9 Å². The number of hydrogen-bond acceptors (Lipinski definition) is 5. The van der Waals surface area contributed by atoms with Gasteiger partial charge in [0.2, 0.25) is 0 Å². The SMILES string of the molecule is CC(=O)Oc1ccccc1C=Nn1c(C2CCCCC2)nc2ccc(Br)cc2c1=O. The molecule has 1 aliphatic carbocycles. The first kappa shape index (κ1) is 20.5. The van der Waals surface area contributed by atoms with Crippen LogP contribution in [0.15, 0.2) is 56.8 Å². The Hall–Kier alpha value is -2.80. The van der Waals surface area contributed by atoms with E-state index < -0.39 is 5.97 Å². The van der Waals surface area contributed by atoms with E-state index in [0.29, 0.717) is 28.0 Å². The summed E-state index contributed by atoms with van der Waals surface area (Å²) in [5, 5.41) is 5.02. The Labute approximate surface area is 182 Å². The van der Waals surface area contributed by atoms with Crippen molar-refractivity contribution in [3.63, 3.8) is 0 Å². The highest BCUT2D eigenvalue weighted by Gasteiger charge is 2.22. The predicted octanol–water partition coefficient (Wildman–Crippen LogP) is 5.01. The van der Waals surface area contributed by atoms with Gasteiger partial charge in [0.15, 0.2) is 0 Å². The number of nitrogens with zero attached hydrogens (tertiary/aromatic N) is 3. The van der Waals surface area contributed by atoms with E-state index in [1.54, 1.807) is 30.5 Å². The standard InChI is InChI=1S/C23H22BrN3O3/c1-15(28)30-21-10-6-5-9-17(21)14-25-27-22(16-7-3-2-4-8-16)26-20-12-11-18(24)13-19(20)23(27)29/h5-6,9-14,16H,2-4,7-8H2,1H3. The molecule has 0 aliphatic heterocycles. The predicted molar refractivity (Wildman–Crippen MR) is 120 cm³/mol. The lowest BCUT2D eigenvalue weighted by molar-refractivity contribution is -0.131. The molecule has 2 aromatic carbocycles. The minimum atomic E-state index is -0.409. The van der Waals surface area contributed by atoms with E-state index in [0.717, 1.165) is 30.2 Å². The van der Waals surface area contributed by atoms with Gasteiger partial charge >= 0.3 is 5.97 Å². The van der Waals surface area contributed by atoms with Crippen molar-refractivity contribution in [1.29, 1.82) is 0 Å². The fourth-order valence-corrected chi connectivity index (χ4v) is 4.22. The third kappa shape index (κ3) is 4.36. The Bertz CT molecular complexity index is 1180. The molecule has 1 saturated carbocycles. The summed E-state index contributed by atoms with van der Waals surface area (Å²) >= 11 is 3.43. The maximum Gasteiger partial charge on any atom is 0.308 e. The monoisotopic (exact) mass is 467 g/mol. The zero-order chi connectivity index (χ0) is 21.1. The number of fused-ring (bicyclic) bond motifs is 1. The van der Waals surface area contributed by atoms with Crippen LogP contribution in [0.5, 0.6) is 5.75 Å². The first-order valence-electron chi connectivity index (χ1n) is 10.1. The van der Waals surface area contributed by atoms with Crippen molar-refractivity contribution >= 4 is 39.0 Å². The highest BCUT2D eigenvalue weighted by Crippen LogP contribution is 2.32. The molecule has 30 heavy (non-hydrogen) atoms. The summed E-state index contributed by atoms with van der Waals surface area (Å²) < 4.78 is 7.48. The zero-order valence-corrected chi connectivity index (χ0v) is 18.3. The number of ether oxygens (including phenoxy) is 1. The second-order valence-electron chi connectivity index (χ2n) is 7.46. The van der Waals surface area contributed by atoms with E-state index in [1.807, 2.05) is 18.2 Å². The largest absolute Gasteiger partial charge is 0.426 e. The van der Waals surface area contributed by atoms with E-state index in [9.17, 15) is 9.59 Å². The fourth-order valence-electron chi connectivity index (χ4n) is 3.86. The minimum Gasteiger partial charge on any atom is -0.426 e. The summed E-state index contributed by atoms with van der Waals surface area (Å²) in [7, 11) is 0. The smallest absolute Gasteiger partial charge is 0.308 e. The van der Waals surface area contributed by atoms with E-state index >= 15 is 0 Å². The van der Waals surface area contributed by atoms with Crippen LogP contribution in [-0.2, 0) is 4.79 Å². The summed E-state index contributed by atoms with van der Waals surface area (Å²) in [5.74, 6) is 0.877. The van der Waals surface area contributed by atoms with Crippen molar-refractivity contribution in [1.82, 2.24) is 9.66 Å². The van der Waals surface area contributed by atoms with Crippen LogP contribution in [0.2, 0.25) is 0 Å². The van der Waals surface area contributed by atoms with Crippen LogP contribution in [0, 0.1) is 0 Å². The Morgan fingerprint density at radius 1 is 1.20 bits per heavy atom. The molecule has 0 unspecified atom stereocenters. The lowest BCUT2D eigenvalue weighted by Gasteiger charge is -2.22. The molecule has 154 valence electrons. The molecule has 0 bridgehead atoms. The van der Waals surface area contributed by atoms with Gasteiger partial charge in [-0.15, -0.1) is 0 Å². The van der Waals surface area contributed by atoms with Gasteiger partial charge in [0.05, 0.1) is 17.1 Å². The van der Waals surface area contributed by atoms with Gasteiger partial charge in [-0.05, 0) is 43.2 Å². The molecule has 1 fully saturated rings. The average Bonchev–Trinajstić information content (AvgIpc) is 2.74. The molecule has 1 heterocycles. The first-order chi connectivity index (χ1) is 14.5. The third-order valence-corrected chi connectivity index (χ3v) is 5.78. The summed E-state index contributed by atoms with van der Waals surface area (Å²) in [6.45, 7) is 1.35. The second-order valence-corrected chi connectivity index (χ2v) is 8.38. The van der Waals surface area contributed by atoms with Gasteiger partial charge in [-0.2, -0.15) is 9.78 Å². The molecule has 4 rings (SSSR count). The molecule has 0 spiro atoms. The highest BCUT2D eigenvalue weighted by atomic mass is 79.9. The summed E-state index contributed by atoms with van der Waals surface area (Å²) in [6.07, 6.45) is 7.00. The second kappa shape index (κ2) is 8.92. The maximum absolute atomic E-state index is 13.3. The quantitative estimate of drug-likeness (QED) is 0.307. The number of esters is 1. The summed E-state index contributed by atoms with van der Waals surface area (Å²) in [5.41, 5.74) is 1.09. The molecule has 1 aliphatic rings. The Balaban J connectivity index is 1.84. The molecular formula is C23H22BrN3O3. The van der Waals surface area contributed by atoms with Crippen LogP contribution in [0.1, 0.15) is 56.3 Å². The molecule has 7 heteroatoms. The number of aromatic nitrogens is 2. The number of rotatable bonds is 4. The molecule has 0 amide bonds. The van der Waals surface area contributed by atoms with Crippen LogP contribution in [-0.4, -0.2) is 21.8 Å². The van der Waals surface area contributed by atoms with Gasteiger partial charge in [0, 0.05) is 22.9 Å². The van der Waals surface area contributed by atoms with E-state index in [2.05, 4.69) is 21.0 Å². The Kier molecular flexibility index (Phi) is 6.08. The van der Waals surface area contributed by atoms with Gasteiger partial charge in [-0.3, -0.25) is 9.59 Å². The zero-order valence-electron chi connectivity index (χ0n) is 16.7. The molecule has 0 radical (unpaired) electrons. The van der Waals surface area contributed by atoms with Gasteiger partial charge in [0.1, 0.15) is 11.6 Å². The average molecular weight is 468 g/mol. The number of carbonyl (C=O) groups is 1. The fraction of sp³-hybridized carbons (Fsp3) is 0.304. The lowest BCUT2D eigenvalue weighted by Crippen LogP contribution is -2.25. The molecule has 6 nitrogen and oxygen atoms in total. The van der Waals surface area contributed by atoms with Crippen molar-refractivity contribution in [3.05, 3.63) is 68.7 Å². The van der Waals surface area contributed by atoms with Crippen LogP contribution in [0.4, 0.5) is 0 Å². The molecule has 0 atom stereocenters. The lowest BCUT2D eigenvalue weighted by atomic mass is 9.88. The van der Waals surface area contributed by atoms with Gasteiger partial charge in [-0.1, -0.05) is 47.3 Å². The van der Waals surface area contributed by atoms with E-state index in [4.69, 9.17) is 9.72 Å². The maximum atomic E-state index is 13.3. The normalized spacial score (nSPS) is 15.0. The number of hydrogen-bond donors (Lipinski definition) is 0. The van der Waals surface area contributed by atoms with Crippen molar-refractivity contribution in [2.24, 2.45) is 5.10 Å². The Morgan fingerprint density at radius 2 is 1.97 bits per heavy atom. The molecular weight excluding hydrogens is 446 g/mol. The van der Waals surface area contributed by atoms with Crippen LogP contribution < -0.4 is 10.3 Å². The molecule has 0 N–H and O–H groups in total. The number of carbonyl (C=O) groups excluding carboxylic acids is 1. The van der Waals surface area contributed by atoms with Crippen LogP contribution in [0.3, 0.4) is 0 Å². The van der Waals surface area contributed by atoms with Crippen molar-refractivity contribution in [2.75, 3.05) is 0 Å². The molecule has 3 aromatic rings. The highest BCUT2D eigenvalue weighted by molar-refractivity contribution is 9.10. The topological polar surface area (TPSA) is 73.5 Å². The van der Waals surface area contributed by atoms with E-state index in [1.165, 1.54) is 18.0 Å². The Morgan fingerprint density at radius 3 is 2.73 bits per heavy atom. The van der Waals surface area contributed by atoms with Crippen molar-refractivity contribution < 1.29 is 9.53 Å². The number of halogens is 1. The molecule has 0 saturated heterocycles. The third-order valence-electron chi connectivity index (χ3n) is 5.29. The van der Waals surface area contributed by atoms with Gasteiger partial charge in [0.25, 0.3) is 5.56 Å². The van der Waals surface area contributed by atoms with Gasteiger partial charge in [-0.25, -0.2) is 4.98 Å². The van der Waals surface area contributed by atoms with Crippen molar-refractivity contribution in [3.8, 4) is 5.75 Å². The van der Waals surface area contributed by atoms with E-state index in [-0.39, 0.29) is 11.5 Å². The van der Waals surface area contributed by atoms with Crippen LogP contribution >= 0.6 is 15.9 Å². The minimum absolute atomic E-state index is 0.195. The van der Waals surface area contributed by atoms with Crippen LogP contribution in [0.25, 0.3) is 10.9 Å². The van der Waals surface area contributed by atoms with Gasteiger partial charge < -0.3 is 4.74 Å². The first-order valence-corrected chi connectivity index (χ1v) is 10.9. The summed E-state index contributed by atoms with van der Waals surface area (Å²) in [6, 6.07) is 12.6. The number of benzene rings is 2.